The molecule has 3 rings (SSSR count). The van der Waals surface area contributed by atoms with Crippen LogP contribution in [0.15, 0.2) is 36.8 Å². The van der Waals surface area contributed by atoms with Gasteiger partial charge in [-0.2, -0.15) is 5.10 Å². The first-order valence-corrected chi connectivity index (χ1v) is 8.71. The summed E-state index contributed by atoms with van der Waals surface area (Å²) in [5, 5.41) is 6.70. The van der Waals surface area contributed by atoms with Crippen molar-refractivity contribution in [2.45, 2.75) is 38.5 Å². The Hall–Kier alpha value is -2.77. The maximum atomic E-state index is 15.3. The van der Waals surface area contributed by atoms with Gasteiger partial charge in [0.1, 0.15) is 5.69 Å². The second-order valence-corrected chi connectivity index (χ2v) is 6.37. The summed E-state index contributed by atoms with van der Waals surface area (Å²) in [6.45, 7) is 2.84. The largest absolute Gasteiger partial charge is 0.349 e. The summed E-state index contributed by atoms with van der Waals surface area (Å²) in [6, 6.07) is 5.13. The highest BCUT2D eigenvalue weighted by molar-refractivity contribution is 5.94. The van der Waals surface area contributed by atoms with Crippen molar-refractivity contribution in [3.8, 4) is 0 Å². The third-order valence-corrected chi connectivity index (χ3v) is 4.57. The molecule has 1 fully saturated rings. The molecular formula is C18H22FN5O2. The Labute approximate surface area is 151 Å². The van der Waals surface area contributed by atoms with Gasteiger partial charge in [0.05, 0.1) is 6.54 Å². The van der Waals surface area contributed by atoms with E-state index >= 15 is 4.39 Å². The second-order valence-electron chi connectivity index (χ2n) is 6.37. The summed E-state index contributed by atoms with van der Waals surface area (Å²) in [6.07, 6.45) is 5.32. The Kier molecular flexibility index (Phi) is 5.29. The SMILES string of the molecule is CCn1nccc1C(=O)N1CCCC(F)(C(=O)NCc2ccncc2)C1. The lowest BCUT2D eigenvalue weighted by Gasteiger charge is -2.36. The van der Waals surface area contributed by atoms with E-state index in [0.29, 0.717) is 25.2 Å². The Morgan fingerprint density at radius 2 is 2.04 bits per heavy atom. The molecule has 2 amide bonds. The highest BCUT2D eigenvalue weighted by Gasteiger charge is 2.44. The van der Waals surface area contributed by atoms with Crippen LogP contribution in [0.1, 0.15) is 35.8 Å². The smallest absolute Gasteiger partial charge is 0.272 e. The molecule has 0 aromatic carbocycles. The Morgan fingerprint density at radius 1 is 1.27 bits per heavy atom. The molecule has 1 N–H and O–H groups in total. The van der Waals surface area contributed by atoms with E-state index in [1.807, 2.05) is 6.92 Å². The number of hydrogen-bond acceptors (Lipinski definition) is 4. The van der Waals surface area contributed by atoms with Crippen LogP contribution in [0.25, 0.3) is 0 Å². The Morgan fingerprint density at radius 3 is 2.77 bits per heavy atom. The van der Waals surface area contributed by atoms with Crippen LogP contribution in [0.3, 0.4) is 0 Å². The summed E-state index contributed by atoms with van der Waals surface area (Å²) >= 11 is 0. The zero-order chi connectivity index (χ0) is 18.6. The molecule has 2 aromatic heterocycles. The molecular weight excluding hydrogens is 337 g/mol. The molecule has 26 heavy (non-hydrogen) atoms. The van der Waals surface area contributed by atoms with Crippen LogP contribution in [0.2, 0.25) is 0 Å². The van der Waals surface area contributed by atoms with Gasteiger partial charge in [-0.25, -0.2) is 4.39 Å². The van der Waals surface area contributed by atoms with E-state index in [0.717, 1.165) is 5.56 Å². The van der Waals surface area contributed by atoms with Crippen LogP contribution in [0.5, 0.6) is 0 Å². The Bertz CT molecular complexity index is 779. The van der Waals surface area contributed by atoms with Crippen molar-refractivity contribution >= 4 is 11.8 Å². The Balaban J connectivity index is 1.66. The lowest BCUT2D eigenvalue weighted by atomic mass is 9.93. The van der Waals surface area contributed by atoms with Crippen LogP contribution in [-0.4, -0.2) is 50.2 Å². The minimum absolute atomic E-state index is 0.103. The molecule has 0 bridgehead atoms. The number of nitrogens with one attached hydrogen (secondary N) is 1. The summed E-state index contributed by atoms with van der Waals surface area (Å²) in [7, 11) is 0. The van der Waals surface area contributed by atoms with E-state index < -0.39 is 11.6 Å². The molecule has 1 saturated heterocycles. The van der Waals surface area contributed by atoms with Crippen LogP contribution < -0.4 is 5.32 Å². The van der Waals surface area contributed by atoms with Gasteiger partial charge in [-0.05, 0) is 43.5 Å². The molecule has 3 heterocycles. The minimum Gasteiger partial charge on any atom is -0.349 e. The predicted octanol–water partition coefficient (Wildman–Crippen LogP) is 1.56. The van der Waals surface area contributed by atoms with Crippen molar-refractivity contribution in [3.05, 3.63) is 48.0 Å². The fourth-order valence-electron chi connectivity index (χ4n) is 3.14. The van der Waals surface area contributed by atoms with Crippen molar-refractivity contribution < 1.29 is 14.0 Å². The lowest BCUT2D eigenvalue weighted by molar-refractivity contribution is -0.136. The molecule has 7 nitrogen and oxygen atoms in total. The number of aromatic nitrogens is 3. The predicted molar refractivity (Wildman–Crippen MR) is 93.0 cm³/mol. The number of alkyl halides is 1. The van der Waals surface area contributed by atoms with Gasteiger partial charge in [-0.1, -0.05) is 0 Å². The van der Waals surface area contributed by atoms with Gasteiger partial charge in [0.15, 0.2) is 0 Å². The van der Waals surface area contributed by atoms with E-state index in [9.17, 15) is 9.59 Å². The molecule has 1 aliphatic heterocycles. The summed E-state index contributed by atoms with van der Waals surface area (Å²) < 4.78 is 16.8. The van der Waals surface area contributed by atoms with Gasteiger partial charge in [-0.15, -0.1) is 0 Å². The standard InChI is InChI=1S/C18H22FN5O2/c1-2-24-15(6-10-22-24)16(25)23-11-3-7-18(19,13-23)17(26)21-12-14-4-8-20-9-5-14/h4-6,8-10H,2-3,7,11-13H2,1H3,(H,21,26). The highest BCUT2D eigenvalue weighted by Crippen LogP contribution is 2.27. The van der Waals surface area contributed by atoms with Crippen molar-refractivity contribution in [2.75, 3.05) is 13.1 Å². The van der Waals surface area contributed by atoms with Crippen LogP contribution >= 0.6 is 0 Å². The molecule has 0 radical (unpaired) electrons. The number of amides is 2. The minimum atomic E-state index is -2.09. The van der Waals surface area contributed by atoms with Gasteiger partial charge in [-0.3, -0.25) is 19.3 Å². The van der Waals surface area contributed by atoms with E-state index in [2.05, 4.69) is 15.4 Å². The zero-order valence-corrected chi connectivity index (χ0v) is 14.7. The quantitative estimate of drug-likeness (QED) is 0.879. The number of aryl methyl sites for hydroxylation is 1. The van der Waals surface area contributed by atoms with E-state index in [1.54, 1.807) is 41.5 Å². The van der Waals surface area contributed by atoms with Crippen LogP contribution in [0.4, 0.5) is 4.39 Å². The van der Waals surface area contributed by atoms with Crippen LogP contribution in [-0.2, 0) is 17.9 Å². The number of carbonyl (C=O) groups is 2. The lowest BCUT2D eigenvalue weighted by Crippen LogP contribution is -2.55. The van der Waals surface area contributed by atoms with Gasteiger partial charge in [0.2, 0.25) is 5.67 Å². The van der Waals surface area contributed by atoms with E-state index in [1.165, 1.54) is 4.90 Å². The fraction of sp³-hybridized carbons (Fsp3) is 0.444. The number of halogens is 1. The third kappa shape index (κ3) is 3.74. The molecule has 1 unspecified atom stereocenters. The number of pyridine rings is 1. The molecule has 0 saturated carbocycles. The average molecular weight is 359 g/mol. The number of rotatable bonds is 5. The summed E-state index contributed by atoms with van der Waals surface area (Å²) in [5.74, 6) is -0.983. The van der Waals surface area contributed by atoms with E-state index in [-0.39, 0.29) is 25.4 Å². The average Bonchev–Trinajstić information content (AvgIpc) is 3.15. The van der Waals surface area contributed by atoms with E-state index in [4.69, 9.17) is 0 Å². The fourth-order valence-corrected chi connectivity index (χ4v) is 3.14. The monoisotopic (exact) mass is 359 g/mol. The maximum Gasteiger partial charge on any atom is 0.272 e. The first-order valence-electron chi connectivity index (χ1n) is 8.71. The zero-order valence-electron chi connectivity index (χ0n) is 14.7. The second kappa shape index (κ2) is 7.63. The summed E-state index contributed by atoms with van der Waals surface area (Å²) in [5.41, 5.74) is -0.834. The molecule has 0 aliphatic carbocycles. The van der Waals surface area contributed by atoms with Gasteiger partial charge < -0.3 is 10.2 Å². The molecule has 138 valence electrons. The molecule has 2 aromatic rings. The van der Waals surface area contributed by atoms with Gasteiger partial charge in [0.25, 0.3) is 11.8 Å². The number of hydrogen-bond donors (Lipinski definition) is 1. The molecule has 0 spiro atoms. The molecule has 1 aliphatic rings. The van der Waals surface area contributed by atoms with Crippen molar-refractivity contribution in [1.29, 1.82) is 0 Å². The maximum absolute atomic E-state index is 15.3. The molecule has 8 heteroatoms. The van der Waals surface area contributed by atoms with Crippen molar-refractivity contribution in [1.82, 2.24) is 25.0 Å². The normalized spacial score (nSPS) is 20.0. The number of piperidine rings is 1. The number of likely N-dealkylation sites (tertiary alicyclic amines) is 1. The first-order chi connectivity index (χ1) is 12.5. The third-order valence-electron chi connectivity index (χ3n) is 4.57. The first kappa shape index (κ1) is 18.0. The number of nitrogens with zero attached hydrogens (tertiary/aromatic N) is 4. The number of carbonyl (C=O) groups excluding carboxylic acids is 2. The topological polar surface area (TPSA) is 80.1 Å². The highest BCUT2D eigenvalue weighted by atomic mass is 19.1. The van der Waals surface area contributed by atoms with Crippen LogP contribution in [0, 0.1) is 0 Å². The van der Waals surface area contributed by atoms with Crippen molar-refractivity contribution in [2.24, 2.45) is 0 Å². The van der Waals surface area contributed by atoms with Crippen molar-refractivity contribution in [3.63, 3.8) is 0 Å². The van der Waals surface area contributed by atoms with Gasteiger partial charge >= 0.3 is 0 Å². The molecule has 1 atom stereocenters. The van der Waals surface area contributed by atoms with Gasteiger partial charge in [0, 0.05) is 38.2 Å². The summed E-state index contributed by atoms with van der Waals surface area (Å²) in [4.78, 5) is 30.4.